The average Bonchev–Trinajstić information content (AvgIpc) is 2.26. The van der Waals surface area contributed by atoms with Crippen LogP contribution in [0.3, 0.4) is 0 Å². The number of carbonyl (C=O) groups excluding carboxylic acids is 1. The normalized spacial score (nSPS) is 12.2. The number of rotatable bonds is 5. The van der Waals surface area contributed by atoms with Crippen LogP contribution in [0.1, 0.15) is 12.5 Å². The molecule has 0 aliphatic heterocycles. The number of carbonyl (C=O) groups is 1. The highest BCUT2D eigenvalue weighted by Gasteiger charge is 2.05. The van der Waals surface area contributed by atoms with E-state index < -0.39 is 0 Å². The summed E-state index contributed by atoms with van der Waals surface area (Å²) in [5.41, 5.74) is 0.928. The molecule has 1 unspecified atom stereocenters. The molecule has 0 aromatic heterocycles. The van der Waals surface area contributed by atoms with Crippen LogP contribution >= 0.6 is 0 Å². The van der Waals surface area contributed by atoms with Crippen molar-refractivity contribution < 1.29 is 9.18 Å². The third kappa shape index (κ3) is 4.40. The molecule has 0 heterocycles. The van der Waals surface area contributed by atoms with Crippen LogP contribution in [0.25, 0.3) is 0 Å². The van der Waals surface area contributed by atoms with Crippen molar-refractivity contribution >= 4 is 5.91 Å². The third-order valence-electron chi connectivity index (χ3n) is 2.32. The van der Waals surface area contributed by atoms with Gasteiger partial charge >= 0.3 is 0 Å². The van der Waals surface area contributed by atoms with Crippen LogP contribution in [0.4, 0.5) is 4.39 Å². The van der Waals surface area contributed by atoms with Crippen molar-refractivity contribution in [2.45, 2.75) is 19.4 Å². The van der Waals surface area contributed by atoms with E-state index in [0.29, 0.717) is 6.42 Å². The second-order valence-electron chi connectivity index (χ2n) is 3.79. The third-order valence-corrected chi connectivity index (χ3v) is 2.32. The Kier molecular flexibility index (Phi) is 4.92. The molecule has 0 spiro atoms. The maximum Gasteiger partial charge on any atom is 0.233 e. The van der Waals surface area contributed by atoms with Gasteiger partial charge in [0.15, 0.2) is 0 Å². The number of hydrogen-bond donors (Lipinski definition) is 2. The second kappa shape index (κ2) is 6.23. The minimum Gasteiger partial charge on any atom is -0.358 e. The van der Waals surface area contributed by atoms with Crippen molar-refractivity contribution in [3.63, 3.8) is 0 Å². The van der Waals surface area contributed by atoms with E-state index in [0.717, 1.165) is 5.56 Å². The van der Waals surface area contributed by atoms with Crippen LogP contribution in [0.2, 0.25) is 0 Å². The number of likely N-dealkylation sites (N-methyl/N-ethyl adjacent to an activating group) is 1. The van der Waals surface area contributed by atoms with E-state index in [1.165, 1.54) is 12.1 Å². The standard InChI is InChI=1S/C12H17FN2O/c1-9(15-8-12(16)14-2)6-10-4-3-5-11(13)7-10/h3-5,7,9,15H,6,8H2,1-2H3,(H,14,16). The first-order valence-corrected chi connectivity index (χ1v) is 5.30. The molecule has 1 atom stereocenters. The van der Waals surface area contributed by atoms with Gasteiger partial charge in [0.05, 0.1) is 6.54 Å². The Bertz CT molecular complexity index is 355. The van der Waals surface area contributed by atoms with Gasteiger partial charge in [0.25, 0.3) is 0 Å². The molecule has 3 nitrogen and oxygen atoms in total. The topological polar surface area (TPSA) is 41.1 Å². The van der Waals surface area contributed by atoms with Gasteiger partial charge in [-0.05, 0) is 31.0 Å². The Morgan fingerprint density at radius 2 is 2.25 bits per heavy atom. The zero-order chi connectivity index (χ0) is 12.0. The fourth-order valence-corrected chi connectivity index (χ4v) is 1.44. The van der Waals surface area contributed by atoms with Crippen LogP contribution in [0, 0.1) is 5.82 Å². The summed E-state index contributed by atoms with van der Waals surface area (Å²) < 4.78 is 12.9. The zero-order valence-electron chi connectivity index (χ0n) is 9.59. The van der Waals surface area contributed by atoms with E-state index in [1.807, 2.05) is 13.0 Å². The molecular formula is C12H17FN2O. The molecule has 0 fully saturated rings. The minimum absolute atomic E-state index is 0.0499. The first-order valence-electron chi connectivity index (χ1n) is 5.30. The molecule has 1 aromatic rings. The van der Waals surface area contributed by atoms with Gasteiger partial charge in [-0.1, -0.05) is 12.1 Å². The molecule has 0 saturated carbocycles. The Balaban J connectivity index is 2.39. The molecule has 88 valence electrons. The predicted octanol–water partition coefficient (Wildman–Crippen LogP) is 1.09. The Labute approximate surface area is 95.0 Å². The van der Waals surface area contributed by atoms with Crippen LogP contribution < -0.4 is 10.6 Å². The molecule has 0 aliphatic carbocycles. The highest BCUT2D eigenvalue weighted by molar-refractivity contribution is 5.77. The van der Waals surface area contributed by atoms with Crippen molar-refractivity contribution in [3.05, 3.63) is 35.6 Å². The summed E-state index contributed by atoms with van der Waals surface area (Å²) in [6.07, 6.45) is 0.703. The smallest absolute Gasteiger partial charge is 0.233 e. The van der Waals surface area contributed by atoms with Crippen LogP contribution in [-0.4, -0.2) is 25.5 Å². The zero-order valence-corrected chi connectivity index (χ0v) is 9.59. The Hall–Kier alpha value is -1.42. The van der Waals surface area contributed by atoms with Gasteiger partial charge in [-0.15, -0.1) is 0 Å². The first-order chi connectivity index (χ1) is 7.61. The SMILES string of the molecule is CNC(=O)CNC(C)Cc1cccc(F)c1. The summed E-state index contributed by atoms with van der Waals surface area (Å²) in [6, 6.07) is 6.64. The van der Waals surface area contributed by atoms with Crippen molar-refractivity contribution in [1.29, 1.82) is 0 Å². The molecule has 0 radical (unpaired) electrons. The van der Waals surface area contributed by atoms with E-state index >= 15 is 0 Å². The molecule has 0 aliphatic rings. The number of amides is 1. The minimum atomic E-state index is -0.226. The monoisotopic (exact) mass is 224 g/mol. The number of halogens is 1. The van der Waals surface area contributed by atoms with Gasteiger partial charge < -0.3 is 10.6 Å². The lowest BCUT2D eigenvalue weighted by Gasteiger charge is -2.13. The van der Waals surface area contributed by atoms with Gasteiger partial charge in [-0.3, -0.25) is 4.79 Å². The van der Waals surface area contributed by atoms with Gasteiger partial charge in [0.2, 0.25) is 5.91 Å². The van der Waals surface area contributed by atoms with E-state index in [2.05, 4.69) is 10.6 Å². The van der Waals surface area contributed by atoms with Crippen molar-refractivity contribution in [3.8, 4) is 0 Å². The predicted molar refractivity (Wildman–Crippen MR) is 61.6 cm³/mol. The summed E-state index contributed by atoms with van der Waals surface area (Å²) in [6.45, 7) is 2.25. The Morgan fingerprint density at radius 1 is 1.50 bits per heavy atom. The van der Waals surface area contributed by atoms with Gasteiger partial charge in [0, 0.05) is 13.1 Å². The average molecular weight is 224 g/mol. The van der Waals surface area contributed by atoms with Crippen molar-refractivity contribution in [1.82, 2.24) is 10.6 Å². The molecular weight excluding hydrogens is 207 g/mol. The quantitative estimate of drug-likeness (QED) is 0.786. The molecule has 4 heteroatoms. The molecule has 2 N–H and O–H groups in total. The van der Waals surface area contributed by atoms with Crippen molar-refractivity contribution in [2.24, 2.45) is 0 Å². The summed E-state index contributed by atoms with van der Waals surface area (Å²) in [5, 5.41) is 5.60. The molecule has 1 amide bonds. The van der Waals surface area contributed by atoms with Gasteiger partial charge in [0.1, 0.15) is 5.82 Å². The lowest BCUT2D eigenvalue weighted by atomic mass is 10.1. The van der Waals surface area contributed by atoms with Crippen LogP contribution in [0.15, 0.2) is 24.3 Å². The summed E-state index contributed by atoms with van der Waals surface area (Å²) in [7, 11) is 1.60. The second-order valence-corrected chi connectivity index (χ2v) is 3.79. The Morgan fingerprint density at radius 3 is 2.88 bits per heavy atom. The fourth-order valence-electron chi connectivity index (χ4n) is 1.44. The first kappa shape index (κ1) is 12.6. The lowest BCUT2D eigenvalue weighted by Crippen LogP contribution is -2.37. The lowest BCUT2D eigenvalue weighted by molar-refractivity contribution is -0.119. The fraction of sp³-hybridized carbons (Fsp3) is 0.417. The number of nitrogens with one attached hydrogen (secondary N) is 2. The van der Waals surface area contributed by atoms with E-state index in [1.54, 1.807) is 13.1 Å². The van der Waals surface area contributed by atoms with Gasteiger partial charge in [-0.25, -0.2) is 4.39 Å². The van der Waals surface area contributed by atoms with Crippen molar-refractivity contribution in [2.75, 3.05) is 13.6 Å². The number of benzene rings is 1. The van der Waals surface area contributed by atoms with Crippen LogP contribution in [-0.2, 0) is 11.2 Å². The molecule has 1 rings (SSSR count). The van der Waals surface area contributed by atoms with E-state index in [4.69, 9.17) is 0 Å². The summed E-state index contributed by atoms with van der Waals surface area (Å²) in [4.78, 5) is 11.0. The maximum absolute atomic E-state index is 12.9. The molecule has 0 bridgehead atoms. The van der Waals surface area contributed by atoms with E-state index in [9.17, 15) is 9.18 Å². The molecule has 0 saturated heterocycles. The highest BCUT2D eigenvalue weighted by atomic mass is 19.1. The maximum atomic E-state index is 12.9. The number of hydrogen-bond acceptors (Lipinski definition) is 2. The van der Waals surface area contributed by atoms with Gasteiger partial charge in [-0.2, -0.15) is 0 Å². The van der Waals surface area contributed by atoms with Crippen LogP contribution in [0.5, 0.6) is 0 Å². The summed E-state index contributed by atoms with van der Waals surface area (Å²) >= 11 is 0. The van der Waals surface area contributed by atoms with E-state index in [-0.39, 0.29) is 24.3 Å². The molecule has 1 aromatic carbocycles. The largest absolute Gasteiger partial charge is 0.358 e. The molecule has 16 heavy (non-hydrogen) atoms. The summed E-state index contributed by atoms with van der Waals surface area (Å²) in [5.74, 6) is -0.276. The highest BCUT2D eigenvalue weighted by Crippen LogP contribution is 2.06.